The zero-order valence-electron chi connectivity index (χ0n) is 6.48. The van der Waals surface area contributed by atoms with Crippen molar-refractivity contribution >= 4 is 0 Å². The highest BCUT2D eigenvalue weighted by atomic mass is 14.9. The normalized spacial score (nSPS) is 30.7. The lowest BCUT2D eigenvalue weighted by Gasteiger charge is -2.16. The molecule has 0 aliphatic carbocycles. The van der Waals surface area contributed by atoms with Crippen LogP contribution in [0, 0.1) is 5.92 Å². The fourth-order valence-corrected chi connectivity index (χ4v) is 1.48. The van der Waals surface area contributed by atoms with E-state index in [-0.39, 0.29) is 0 Å². The first kappa shape index (κ1) is 7.07. The van der Waals surface area contributed by atoms with Crippen molar-refractivity contribution in [1.82, 2.24) is 5.32 Å². The largest absolute Gasteiger partial charge is 0.314 e. The molecule has 0 bridgehead atoms. The smallest absolute Gasteiger partial charge is 0.00930 e. The van der Waals surface area contributed by atoms with Gasteiger partial charge in [0.05, 0.1) is 0 Å². The zero-order chi connectivity index (χ0) is 6.69. The predicted molar refractivity (Wildman–Crippen MR) is 40.5 cm³/mol. The summed E-state index contributed by atoms with van der Waals surface area (Å²) in [7, 11) is 0. The Morgan fingerprint density at radius 1 is 1.67 bits per heavy atom. The van der Waals surface area contributed by atoms with Gasteiger partial charge in [-0.1, -0.05) is 20.3 Å². The van der Waals surface area contributed by atoms with Crippen molar-refractivity contribution in [2.45, 2.75) is 39.2 Å². The molecule has 1 rings (SSSR count). The van der Waals surface area contributed by atoms with E-state index in [9.17, 15) is 0 Å². The van der Waals surface area contributed by atoms with Gasteiger partial charge in [0.1, 0.15) is 0 Å². The van der Waals surface area contributed by atoms with Crippen LogP contribution in [0.5, 0.6) is 0 Å². The van der Waals surface area contributed by atoms with Crippen LogP contribution >= 0.6 is 0 Å². The molecule has 0 unspecified atom stereocenters. The number of nitrogens with one attached hydrogen (secondary N) is 1. The third-order valence-corrected chi connectivity index (χ3v) is 2.43. The summed E-state index contributed by atoms with van der Waals surface area (Å²) in [5, 5.41) is 3.51. The third-order valence-electron chi connectivity index (χ3n) is 2.43. The van der Waals surface area contributed by atoms with E-state index in [4.69, 9.17) is 0 Å². The quantitative estimate of drug-likeness (QED) is 0.596. The van der Waals surface area contributed by atoms with Gasteiger partial charge in [-0.3, -0.25) is 0 Å². The Labute approximate surface area is 57.8 Å². The number of hydrogen-bond donors (Lipinski definition) is 1. The van der Waals surface area contributed by atoms with E-state index >= 15 is 0 Å². The summed E-state index contributed by atoms with van der Waals surface area (Å²) in [6, 6.07) is 0.829. The molecule has 2 atom stereocenters. The highest BCUT2D eigenvalue weighted by Crippen LogP contribution is 2.16. The molecule has 1 aliphatic rings. The van der Waals surface area contributed by atoms with E-state index in [0.717, 1.165) is 12.0 Å². The molecular formula is C8H17N. The molecule has 0 saturated carbocycles. The SMILES string of the molecule is CC[C@H](C)[C@@H]1CCCN1. The number of rotatable bonds is 2. The molecule has 0 aromatic heterocycles. The minimum atomic E-state index is 0.829. The van der Waals surface area contributed by atoms with Gasteiger partial charge in [0.15, 0.2) is 0 Å². The maximum atomic E-state index is 3.51. The average Bonchev–Trinajstić information content (AvgIpc) is 2.37. The summed E-state index contributed by atoms with van der Waals surface area (Å²) < 4.78 is 0. The van der Waals surface area contributed by atoms with Crippen LogP contribution in [0.15, 0.2) is 0 Å². The molecule has 0 aromatic carbocycles. The fraction of sp³-hybridized carbons (Fsp3) is 1.00. The second kappa shape index (κ2) is 3.21. The van der Waals surface area contributed by atoms with E-state index in [1.165, 1.54) is 25.8 Å². The van der Waals surface area contributed by atoms with Gasteiger partial charge in [-0.15, -0.1) is 0 Å². The summed E-state index contributed by atoms with van der Waals surface area (Å²) in [6.07, 6.45) is 4.10. The third kappa shape index (κ3) is 1.68. The molecule has 9 heavy (non-hydrogen) atoms. The van der Waals surface area contributed by atoms with E-state index in [2.05, 4.69) is 19.2 Å². The molecule has 1 N–H and O–H groups in total. The van der Waals surface area contributed by atoms with Gasteiger partial charge in [0.2, 0.25) is 0 Å². The summed E-state index contributed by atoms with van der Waals surface area (Å²) in [5.74, 6) is 0.882. The predicted octanol–water partition coefficient (Wildman–Crippen LogP) is 1.78. The van der Waals surface area contributed by atoms with Crippen molar-refractivity contribution in [3.05, 3.63) is 0 Å². The molecule has 0 aromatic rings. The van der Waals surface area contributed by atoms with Crippen LogP contribution in [0.2, 0.25) is 0 Å². The maximum absolute atomic E-state index is 3.51. The summed E-state index contributed by atoms with van der Waals surface area (Å²) in [4.78, 5) is 0. The van der Waals surface area contributed by atoms with E-state index in [0.29, 0.717) is 0 Å². The lowest BCUT2D eigenvalue weighted by Crippen LogP contribution is -2.27. The summed E-state index contributed by atoms with van der Waals surface area (Å²) in [6.45, 7) is 5.85. The van der Waals surface area contributed by atoms with Gasteiger partial charge >= 0.3 is 0 Å². The Hall–Kier alpha value is -0.0400. The molecular weight excluding hydrogens is 110 g/mol. The molecule has 1 aliphatic heterocycles. The Morgan fingerprint density at radius 2 is 2.44 bits per heavy atom. The molecule has 1 nitrogen and oxygen atoms in total. The van der Waals surface area contributed by atoms with E-state index < -0.39 is 0 Å². The van der Waals surface area contributed by atoms with Crippen LogP contribution in [0.3, 0.4) is 0 Å². The molecule has 1 saturated heterocycles. The van der Waals surface area contributed by atoms with Crippen LogP contribution in [-0.2, 0) is 0 Å². The van der Waals surface area contributed by atoms with Crippen LogP contribution < -0.4 is 5.32 Å². The van der Waals surface area contributed by atoms with Gasteiger partial charge in [-0.2, -0.15) is 0 Å². The average molecular weight is 127 g/mol. The second-order valence-electron chi connectivity index (χ2n) is 3.09. The van der Waals surface area contributed by atoms with Crippen LogP contribution in [0.4, 0.5) is 0 Å². The highest BCUT2D eigenvalue weighted by Gasteiger charge is 2.18. The molecule has 1 fully saturated rings. The molecule has 1 heteroatoms. The van der Waals surface area contributed by atoms with Crippen molar-refractivity contribution in [3.63, 3.8) is 0 Å². The molecule has 0 amide bonds. The highest BCUT2D eigenvalue weighted by molar-refractivity contribution is 4.77. The molecule has 0 radical (unpaired) electrons. The lowest BCUT2D eigenvalue weighted by molar-refractivity contribution is 0.409. The number of hydrogen-bond acceptors (Lipinski definition) is 1. The van der Waals surface area contributed by atoms with Crippen LogP contribution in [0.1, 0.15) is 33.1 Å². The van der Waals surface area contributed by atoms with E-state index in [1.807, 2.05) is 0 Å². The van der Waals surface area contributed by atoms with Crippen molar-refractivity contribution in [2.24, 2.45) is 5.92 Å². The van der Waals surface area contributed by atoms with E-state index in [1.54, 1.807) is 0 Å². The minimum Gasteiger partial charge on any atom is -0.314 e. The standard InChI is InChI=1S/C8H17N/c1-3-7(2)8-5-4-6-9-8/h7-9H,3-6H2,1-2H3/t7-,8-/m0/s1. The molecule has 0 spiro atoms. The van der Waals surface area contributed by atoms with Crippen molar-refractivity contribution in [1.29, 1.82) is 0 Å². The fourth-order valence-electron chi connectivity index (χ4n) is 1.48. The monoisotopic (exact) mass is 127 g/mol. The Kier molecular flexibility index (Phi) is 2.52. The van der Waals surface area contributed by atoms with Gasteiger partial charge in [0.25, 0.3) is 0 Å². The Bertz CT molecular complexity index is 74.6. The first-order valence-electron chi connectivity index (χ1n) is 4.08. The summed E-state index contributed by atoms with van der Waals surface area (Å²) in [5.41, 5.74) is 0. The van der Waals surface area contributed by atoms with Gasteiger partial charge < -0.3 is 5.32 Å². The van der Waals surface area contributed by atoms with Gasteiger partial charge in [0, 0.05) is 6.04 Å². The first-order chi connectivity index (χ1) is 4.34. The Morgan fingerprint density at radius 3 is 2.89 bits per heavy atom. The second-order valence-corrected chi connectivity index (χ2v) is 3.09. The van der Waals surface area contributed by atoms with Crippen LogP contribution in [-0.4, -0.2) is 12.6 Å². The first-order valence-corrected chi connectivity index (χ1v) is 4.08. The van der Waals surface area contributed by atoms with Crippen molar-refractivity contribution < 1.29 is 0 Å². The van der Waals surface area contributed by atoms with Crippen molar-refractivity contribution in [2.75, 3.05) is 6.54 Å². The van der Waals surface area contributed by atoms with Gasteiger partial charge in [-0.05, 0) is 25.3 Å². The zero-order valence-corrected chi connectivity index (χ0v) is 6.48. The molecule has 54 valence electrons. The van der Waals surface area contributed by atoms with Gasteiger partial charge in [-0.25, -0.2) is 0 Å². The minimum absolute atomic E-state index is 0.829. The molecule has 1 heterocycles. The topological polar surface area (TPSA) is 12.0 Å². The Balaban J connectivity index is 2.24. The van der Waals surface area contributed by atoms with Crippen molar-refractivity contribution in [3.8, 4) is 0 Å². The maximum Gasteiger partial charge on any atom is 0.00930 e. The summed E-state index contributed by atoms with van der Waals surface area (Å²) >= 11 is 0. The lowest BCUT2D eigenvalue weighted by atomic mass is 9.98. The van der Waals surface area contributed by atoms with Crippen LogP contribution in [0.25, 0.3) is 0 Å².